The van der Waals surface area contributed by atoms with Crippen molar-refractivity contribution in [2.45, 2.75) is 39.7 Å². The molecule has 0 saturated carbocycles. The molecule has 2 aliphatic rings. The van der Waals surface area contributed by atoms with Crippen LogP contribution in [0.3, 0.4) is 0 Å². The lowest BCUT2D eigenvalue weighted by molar-refractivity contribution is 0.660. The summed E-state index contributed by atoms with van der Waals surface area (Å²) >= 11 is 0. The average Bonchev–Trinajstić information content (AvgIpc) is 3.49. The Labute approximate surface area is 337 Å². The van der Waals surface area contributed by atoms with Gasteiger partial charge in [-0.15, -0.1) is 0 Å². The fourth-order valence-corrected chi connectivity index (χ4v) is 8.71. The van der Waals surface area contributed by atoms with Gasteiger partial charge in [0.05, 0.1) is 5.69 Å². The van der Waals surface area contributed by atoms with Crippen molar-refractivity contribution >= 4 is 45.8 Å². The van der Waals surface area contributed by atoms with E-state index in [4.69, 9.17) is 0 Å². The summed E-state index contributed by atoms with van der Waals surface area (Å²) in [6.07, 6.45) is 10.8. The highest BCUT2D eigenvalue weighted by Gasteiger charge is 2.39. The fourth-order valence-electron chi connectivity index (χ4n) is 8.71. The Hall–Kier alpha value is -6.84. The SMILES string of the molecule is C/C=C\C(=C/C)c1cccc(N(c2ccc3c(c2)C=CNC3)c2cc(N(c3ccccc3)c3cccc(-c4ccccc4)c3)cc3c2-c2ccccc2C3(C)C)c1. The molecule has 9 rings (SSSR count). The first kappa shape index (κ1) is 35.8. The van der Waals surface area contributed by atoms with E-state index in [9.17, 15) is 0 Å². The second-order valence-corrected chi connectivity index (χ2v) is 15.4. The average molecular weight is 738 g/mol. The number of fused-ring (bicyclic) bond motifs is 4. The zero-order valence-corrected chi connectivity index (χ0v) is 33.1. The molecule has 57 heavy (non-hydrogen) atoms. The van der Waals surface area contributed by atoms with Crippen LogP contribution in [-0.4, -0.2) is 0 Å². The molecule has 1 N–H and O–H groups in total. The summed E-state index contributed by atoms with van der Waals surface area (Å²) < 4.78 is 0. The van der Waals surface area contributed by atoms with Crippen LogP contribution in [0.25, 0.3) is 33.9 Å². The minimum absolute atomic E-state index is 0.243. The Morgan fingerprint density at radius 1 is 0.579 bits per heavy atom. The van der Waals surface area contributed by atoms with Crippen molar-refractivity contribution in [3.8, 4) is 22.3 Å². The van der Waals surface area contributed by atoms with E-state index < -0.39 is 0 Å². The van der Waals surface area contributed by atoms with Gasteiger partial charge in [0.25, 0.3) is 0 Å². The van der Waals surface area contributed by atoms with Crippen LogP contribution in [0.2, 0.25) is 0 Å². The Bertz CT molecular complexity index is 2680. The second kappa shape index (κ2) is 15.0. The van der Waals surface area contributed by atoms with Crippen LogP contribution in [0.15, 0.2) is 188 Å². The minimum atomic E-state index is -0.243. The first-order chi connectivity index (χ1) is 27.9. The predicted octanol–water partition coefficient (Wildman–Crippen LogP) is 14.7. The van der Waals surface area contributed by atoms with E-state index in [1.807, 2.05) is 0 Å². The highest BCUT2D eigenvalue weighted by molar-refractivity contribution is 5.99. The van der Waals surface area contributed by atoms with E-state index in [-0.39, 0.29) is 5.41 Å². The van der Waals surface area contributed by atoms with E-state index in [0.717, 1.165) is 40.7 Å². The summed E-state index contributed by atoms with van der Waals surface area (Å²) in [6, 6.07) is 60.2. The van der Waals surface area contributed by atoms with Crippen molar-refractivity contribution in [1.29, 1.82) is 0 Å². The van der Waals surface area contributed by atoms with E-state index in [0.29, 0.717) is 0 Å². The molecule has 7 aromatic rings. The molecule has 0 spiro atoms. The lowest BCUT2D eigenvalue weighted by atomic mass is 9.82. The van der Waals surface area contributed by atoms with E-state index in [1.54, 1.807) is 0 Å². The van der Waals surface area contributed by atoms with Crippen molar-refractivity contribution < 1.29 is 0 Å². The van der Waals surface area contributed by atoms with Crippen LogP contribution in [0, 0.1) is 0 Å². The number of benzene rings is 7. The van der Waals surface area contributed by atoms with E-state index in [2.05, 4.69) is 237 Å². The lowest BCUT2D eigenvalue weighted by Gasteiger charge is -2.33. The standard InChI is InChI=1S/C54H47N3/c1-5-17-38(6-2)40-20-15-25-46(32-40)57(47-29-28-43-37-55-31-30-42(43)34-47)52-36-48(35-51-53(52)49-26-13-14-27-50(49)54(51,3)4)56(44-22-11-8-12-23-44)45-24-16-21-41(33-45)39-18-9-7-10-19-39/h5-36,55H,37H2,1-4H3/b17-5-,38-6+. The van der Waals surface area contributed by atoms with Crippen molar-refractivity contribution in [2.75, 3.05) is 9.80 Å². The first-order valence-electron chi connectivity index (χ1n) is 20.0. The van der Waals surface area contributed by atoms with Gasteiger partial charge in [-0.3, -0.25) is 0 Å². The summed E-state index contributed by atoms with van der Waals surface area (Å²) in [5.41, 5.74) is 18.9. The fraction of sp³-hybridized carbons (Fsp3) is 0.111. The van der Waals surface area contributed by atoms with Crippen LogP contribution < -0.4 is 15.1 Å². The zero-order valence-electron chi connectivity index (χ0n) is 33.1. The molecular formula is C54H47N3. The van der Waals surface area contributed by atoms with Crippen LogP contribution in [0.5, 0.6) is 0 Å². The Morgan fingerprint density at radius 2 is 1.26 bits per heavy atom. The molecular weight excluding hydrogens is 691 g/mol. The van der Waals surface area contributed by atoms with E-state index >= 15 is 0 Å². The van der Waals surface area contributed by atoms with Gasteiger partial charge in [0, 0.05) is 46.0 Å². The molecule has 0 atom stereocenters. The zero-order chi connectivity index (χ0) is 38.9. The summed E-state index contributed by atoms with van der Waals surface area (Å²) in [5.74, 6) is 0. The van der Waals surface area contributed by atoms with Crippen molar-refractivity contribution in [2.24, 2.45) is 0 Å². The van der Waals surface area contributed by atoms with Crippen molar-refractivity contribution in [1.82, 2.24) is 5.32 Å². The normalized spacial score (nSPS) is 13.8. The Kier molecular flexibility index (Phi) is 9.44. The lowest BCUT2D eigenvalue weighted by Crippen LogP contribution is -2.19. The molecule has 0 bridgehead atoms. The number of para-hydroxylation sites is 1. The molecule has 0 unspecified atom stereocenters. The summed E-state index contributed by atoms with van der Waals surface area (Å²) in [7, 11) is 0. The number of rotatable bonds is 9. The molecule has 0 fully saturated rings. The van der Waals surface area contributed by atoms with Gasteiger partial charge in [-0.05, 0) is 137 Å². The third kappa shape index (κ3) is 6.55. The number of hydrogen-bond donors (Lipinski definition) is 1. The molecule has 1 heterocycles. The second-order valence-electron chi connectivity index (χ2n) is 15.4. The maximum absolute atomic E-state index is 3.40. The first-order valence-corrected chi connectivity index (χ1v) is 20.0. The number of anilines is 6. The highest BCUT2D eigenvalue weighted by atomic mass is 15.2. The van der Waals surface area contributed by atoms with Gasteiger partial charge < -0.3 is 15.1 Å². The number of nitrogens with one attached hydrogen (secondary N) is 1. The van der Waals surface area contributed by atoms with Gasteiger partial charge in [-0.2, -0.15) is 0 Å². The van der Waals surface area contributed by atoms with Crippen molar-refractivity contribution in [3.63, 3.8) is 0 Å². The molecule has 7 aromatic carbocycles. The van der Waals surface area contributed by atoms with E-state index in [1.165, 1.54) is 55.6 Å². The minimum Gasteiger partial charge on any atom is -0.387 e. The van der Waals surface area contributed by atoms with Crippen LogP contribution >= 0.6 is 0 Å². The molecule has 3 nitrogen and oxygen atoms in total. The molecule has 3 heteroatoms. The van der Waals surface area contributed by atoms with Crippen molar-refractivity contribution in [3.05, 3.63) is 216 Å². The molecule has 278 valence electrons. The molecule has 1 aliphatic carbocycles. The molecule has 1 aliphatic heterocycles. The largest absolute Gasteiger partial charge is 0.387 e. The Balaban J connectivity index is 1.35. The monoisotopic (exact) mass is 737 g/mol. The maximum atomic E-state index is 3.40. The molecule has 0 amide bonds. The molecule has 0 radical (unpaired) electrons. The molecule has 0 saturated heterocycles. The van der Waals surface area contributed by atoms with Crippen LogP contribution in [0.4, 0.5) is 34.1 Å². The van der Waals surface area contributed by atoms with Gasteiger partial charge in [0.1, 0.15) is 0 Å². The van der Waals surface area contributed by atoms with Crippen LogP contribution in [-0.2, 0) is 12.0 Å². The Morgan fingerprint density at radius 3 is 2.05 bits per heavy atom. The number of allylic oxidation sites excluding steroid dienone is 4. The third-order valence-electron chi connectivity index (χ3n) is 11.5. The number of hydrogen-bond acceptors (Lipinski definition) is 3. The highest BCUT2D eigenvalue weighted by Crippen LogP contribution is 2.56. The smallest absolute Gasteiger partial charge is 0.0564 e. The maximum Gasteiger partial charge on any atom is 0.0564 e. The summed E-state index contributed by atoms with van der Waals surface area (Å²) in [6.45, 7) is 9.77. The van der Waals surface area contributed by atoms with Gasteiger partial charge in [0.15, 0.2) is 0 Å². The number of nitrogens with zero attached hydrogens (tertiary/aromatic N) is 2. The predicted molar refractivity (Wildman–Crippen MR) is 243 cm³/mol. The summed E-state index contributed by atoms with van der Waals surface area (Å²) in [4.78, 5) is 4.92. The molecule has 0 aromatic heterocycles. The van der Waals surface area contributed by atoms with Gasteiger partial charge in [0.2, 0.25) is 0 Å². The third-order valence-corrected chi connectivity index (χ3v) is 11.5. The topological polar surface area (TPSA) is 18.5 Å². The summed E-state index contributed by atoms with van der Waals surface area (Å²) in [5, 5.41) is 3.40. The van der Waals surface area contributed by atoms with Crippen LogP contribution in [0.1, 0.15) is 55.5 Å². The van der Waals surface area contributed by atoms with Gasteiger partial charge in [-0.25, -0.2) is 0 Å². The quantitative estimate of drug-likeness (QED) is 0.149. The van der Waals surface area contributed by atoms with Gasteiger partial charge >= 0.3 is 0 Å². The van der Waals surface area contributed by atoms with Gasteiger partial charge in [-0.1, -0.05) is 135 Å².